The second-order valence-corrected chi connectivity index (χ2v) is 4.77. The van der Waals surface area contributed by atoms with Crippen molar-refractivity contribution in [2.75, 3.05) is 13.7 Å². The topological polar surface area (TPSA) is 64.3 Å². The third-order valence-corrected chi connectivity index (χ3v) is 2.99. The van der Waals surface area contributed by atoms with Gasteiger partial charge in [-0.05, 0) is 24.8 Å². The molecule has 0 aromatic carbocycles. The highest BCUT2D eigenvalue weighted by molar-refractivity contribution is 5.17. The van der Waals surface area contributed by atoms with Crippen molar-refractivity contribution in [3.05, 3.63) is 27.9 Å². The van der Waals surface area contributed by atoms with E-state index in [0.717, 1.165) is 11.3 Å². The molecule has 5 heteroatoms. The van der Waals surface area contributed by atoms with Crippen LogP contribution in [0, 0.1) is 6.92 Å². The first-order valence-corrected chi connectivity index (χ1v) is 6.21. The van der Waals surface area contributed by atoms with Crippen LogP contribution in [0.25, 0.3) is 0 Å². The lowest BCUT2D eigenvalue weighted by Crippen LogP contribution is -2.28. The lowest BCUT2D eigenvalue weighted by atomic mass is 10.1. The van der Waals surface area contributed by atoms with Gasteiger partial charge in [-0.2, -0.15) is 4.98 Å². The third kappa shape index (κ3) is 3.65. The van der Waals surface area contributed by atoms with Crippen LogP contribution in [-0.4, -0.2) is 34.5 Å². The van der Waals surface area contributed by atoms with E-state index in [2.05, 4.69) is 4.98 Å². The molecule has 1 N–H and O–H groups in total. The number of hydrogen-bond donors (Lipinski definition) is 1. The number of aromatic nitrogens is 2. The van der Waals surface area contributed by atoms with E-state index in [1.165, 1.54) is 0 Å². The SMILES string of the molecule is CO[C@H](CO)CCn1cc(C)c(C(C)C)nc1=O. The summed E-state index contributed by atoms with van der Waals surface area (Å²) >= 11 is 0. The van der Waals surface area contributed by atoms with E-state index in [1.54, 1.807) is 11.7 Å². The number of hydrogen-bond acceptors (Lipinski definition) is 4. The van der Waals surface area contributed by atoms with Gasteiger partial charge in [0.25, 0.3) is 0 Å². The summed E-state index contributed by atoms with van der Waals surface area (Å²) in [6.45, 7) is 6.46. The first kappa shape index (κ1) is 14.9. The molecule has 0 fully saturated rings. The van der Waals surface area contributed by atoms with E-state index in [-0.39, 0.29) is 24.3 Å². The lowest BCUT2D eigenvalue weighted by Gasteiger charge is -2.15. The van der Waals surface area contributed by atoms with Gasteiger partial charge < -0.3 is 9.84 Å². The van der Waals surface area contributed by atoms with Crippen molar-refractivity contribution >= 4 is 0 Å². The van der Waals surface area contributed by atoms with E-state index in [0.29, 0.717) is 13.0 Å². The molecule has 0 aliphatic carbocycles. The Morgan fingerprint density at radius 1 is 1.50 bits per heavy atom. The minimum atomic E-state index is -0.239. The summed E-state index contributed by atoms with van der Waals surface area (Å²) in [5.74, 6) is 0.247. The smallest absolute Gasteiger partial charge is 0.347 e. The molecule has 0 unspecified atom stereocenters. The molecule has 0 spiro atoms. The van der Waals surface area contributed by atoms with Gasteiger partial charge in [-0.1, -0.05) is 13.8 Å². The zero-order valence-electron chi connectivity index (χ0n) is 11.5. The Balaban J connectivity index is 2.85. The van der Waals surface area contributed by atoms with Crippen molar-refractivity contribution < 1.29 is 9.84 Å². The number of aryl methyl sites for hydroxylation is 2. The molecule has 0 radical (unpaired) electrons. The van der Waals surface area contributed by atoms with Crippen LogP contribution in [0.1, 0.15) is 37.4 Å². The molecule has 1 rings (SSSR count). The second-order valence-electron chi connectivity index (χ2n) is 4.77. The lowest BCUT2D eigenvalue weighted by molar-refractivity contribution is 0.0401. The van der Waals surface area contributed by atoms with Crippen LogP contribution in [0.3, 0.4) is 0 Å². The Morgan fingerprint density at radius 2 is 2.17 bits per heavy atom. The van der Waals surface area contributed by atoms with Crippen molar-refractivity contribution in [3.63, 3.8) is 0 Å². The number of aliphatic hydroxyl groups is 1. The highest BCUT2D eigenvalue weighted by Crippen LogP contribution is 2.13. The number of rotatable bonds is 6. The molecule has 1 aromatic heterocycles. The predicted molar refractivity (Wildman–Crippen MR) is 69.8 cm³/mol. The van der Waals surface area contributed by atoms with Crippen LogP contribution in [0.15, 0.2) is 11.0 Å². The number of aliphatic hydroxyl groups excluding tert-OH is 1. The molecule has 1 atom stereocenters. The first-order chi connectivity index (χ1) is 8.49. The molecule has 102 valence electrons. The van der Waals surface area contributed by atoms with Gasteiger partial charge in [0.2, 0.25) is 0 Å². The highest BCUT2D eigenvalue weighted by atomic mass is 16.5. The van der Waals surface area contributed by atoms with Crippen LogP contribution >= 0.6 is 0 Å². The molecule has 0 bridgehead atoms. The molecule has 0 amide bonds. The van der Waals surface area contributed by atoms with Gasteiger partial charge in [0, 0.05) is 19.9 Å². The Kier molecular flexibility index (Phi) is 5.50. The van der Waals surface area contributed by atoms with Crippen LogP contribution in [0.5, 0.6) is 0 Å². The van der Waals surface area contributed by atoms with Gasteiger partial charge in [0.05, 0.1) is 18.4 Å². The van der Waals surface area contributed by atoms with E-state index in [4.69, 9.17) is 9.84 Å². The van der Waals surface area contributed by atoms with Crippen molar-refractivity contribution in [3.8, 4) is 0 Å². The maximum absolute atomic E-state index is 11.8. The van der Waals surface area contributed by atoms with Crippen LogP contribution in [0.2, 0.25) is 0 Å². The van der Waals surface area contributed by atoms with Crippen LogP contribution < -0.4 is 5.69 Å². The standard InChI is InChI=1S/C13H22N2O3/c1-9(2)12-10(3)7-15(13(17)14-12)6-5-11(8-16)18-4/h7,9,11,16H,5-6,8H2,1-4H3/t11-/m0/s1. The average Bonchev–Trinajstić information content (AvgIpc) is 2.33. The summed E-state index contributed by atoms with van der Waals surface area (Å²) in [7, 11) is 1.55. The molecule has 1 aromatic rings. The fourth-order valence-electron chi connectivity index (χ4n) is 1.92. The number of ether oxygens (including phenoxy) is 1. The van der Waals surface area contributed by atoms with Gasteiger partial charge in [-0.3, -0.25) is 4.57 Å². The molecule has 0 saturated heterocycles. The minimum Gasteiger partial charge on any atom is -0.394 e. The highest BCUT2D eigenvalue weighted by Gasteiger charge is 2.10. The van der Waals surface area contributed by atoms with E-state index >= 15 is 0 Å². The largest absolute Gasteiger partial charge is 0.394 e. The van der Waals surface area contributed by atoms with E-state index in [1.807, 2.05) is 27.0 Å². The Hall–Kier alpha value is -1.20. The molecule has 1 heterocycles. The molecule has 0 aliphatic heterocycles. The Morgan fingerprint density at radius 3 is 2.67 bits per heavy atom. The molecule has 18 heavy (non-hydrogen) atoms. The van der Waals surface area contributed by atoms with Crippen molar-refractivity contribution in [2.45, 2.75) is 45.8 Å². The maximum atomic E-state index is 11.8. The molecule has 0 saturated carbocycles. The zero-order valence-corrected chi connectivity index (χ0v) is 11.5. The van der Waals surface area contributed by atoms with Crippen LogP contribution in [0.4, 0.5) is 0 Å². The van der Waals surface area contributed by atoms with Crippen LogP contribution in [-0.2, 0) is 11.3 Å². The van der Waals surface area contributed by atoms with Crippen molar-refractivity contribution in [1.29, 1.82) is 0 Å². The zero-order chi connectivity index (χ0) is 13.7. The number of methoxy groups -OCH3 is 1. The molecular formula is C13H22N2O3. The van der Waals surface area contributed by atoms with E-state index < -0.39 is 0 Å². The Labute approximate surface area is 107 Å². The van der Waals surface area contributed by atoms with E-state index in [9.17, 15) is 4.79 Å². The minimum absolute atomic E-state index is 0.0399. The normalized spacial score (nSPS) is 13.0. The molecule has 0 aliphatic rings. The van der Waals surface area contributed by atoms with Gasteiger partial charge in [-0.25, -0.2) is 4.79 Å². The van der Waals surface area contributed by atoms with Gasteiger partial charge in [-0.15, -0.1) is 0 Å². The fraction of sp³-hybridized carbons (Fsp3) is 0.692. The maximum Gasteiger partial charge on any atom is 0.347 e. The summed E-state index contributed by atoms with van der Waals surface area (Å²) in [5, 5.41) is 9.02. The summed E-state index contributed by atoms with van der Waals surface area (Å²) in [4.78, 5) is 15.9. The molecule has 5 nitrogen and oxygen atoms in total. The quantitative estimate of drug-likeness (QED) is 0.825. The molecular weight excluding hydrogens is 232 g/mol. The average molecular weight is 254 g/mol. The fourth-order valence-corrected chi connectivity index (χ4v) is 1.92. The summed E-state index contributed by atoms with van der Waals surface area (Å²) in [6, 6.07) is 0. The summed E-state index contributed by atoms with van der Waals surface area (Å²) in [6.07, 6.45) is 2.19. The van der Waals surface area contributed by atoms with Gasteiger partial charge in [0.1, 0.15) is 0 Å². The predicted octanol–water partition coefficient (Wildman–Crippen LogP) is 1.07. The summed E-state index contributed by atoms with van der Waals surface area (Å²) < 4.78 is 6.64. The van der Waals surface area contributed by atoms with Gasteiger partial charge in [0.15, 0.2) is 0 Å². The second kappa shape index (κ2) is 6.66. The Bertz CT molecular complexity index is 436. The van der Waals surface area contributed by atoms with Crippen molar-refractivity contribution in [1.82, 2.24) is 9.55 Å². The van der Waals surface area contributed by atoms with Gasteiger partial charge >= 0.3 is 5.69 Å². The monoisotopic (exact) mass is 254 g/mol. The third-order valence-electron chi connectivity index (χ3n) is 2.99. The first-order valence-electron chi connectivity index (χ1n) is 6.21. The number of nitrogens with zero attached hydrogens (tertiary/aromatic N) is 2. The summed E-state index contributed by atoms with van der Waals surface area (Å²) in [5.41, 5.74) is 1.63. The van der Waals surface area contributed by atoms with Crippen molar-refractivity contribution in [2.24, 2.45) is 0 Å².